The van der Waals surface area contributed by atoms with Crippen LogP contribution in [-0.2, 0) is 16.0 Å². The van der Waals surface area contributed by atoms with Gasteiger partial charge in [-0.25, -0.2) is 0 Å². The number of hydrogen-bond acceptors (Lipinski definition) is 6. The third-order valence-electron chi connectivity index (χ3n) is 7.47. The molecule has 0 bridgehead atoms. The number of hydrogen-bond donors (Lipinski definition) is 1. The molecule has 2 unspecified atom stereocenters. The molecule has 2 heterocycles. The number of likely N-dealkylation sites (tertiary alicyclic amines) is 1. The Morgan fingerprint density at radius 1 is 1.08 bits per heavy atom. The predicted octanol–water partition coefficient (Wildman–Crippen LogP) is 5.34. The van der Waals surface area contributed by atoms with Crippen LogP contribution >= 0.6 is 0 Å². The van der Waals surface area contributed by atoms with Crippen LogP contribution in [0.15, 0.2) is 48.0 Å². The minimum Gasteiger partial charge on any atom is -0.507 e. The molecular formula is C31H40N2O5. The first-order valence-corrected chi connectivity index (χ1v) is 13.9. The molecule has 204 valence electrons. The molecule has 7 heteroatoms. The van der Waals surface area contributed by atoms with E-state index in [1.54, 1.807) is 11.0 Å². The number of carbonyl (C=O) groups is 2. The summed E-state index contributed by atoms with van der Waals surface area (Å²) < 4.78 is 11.7. The number of aliphatic hydroxyl groups is 1. The predicted molar refractivity (Wildman–Crippen MR) is 148 cm³/mol. The summed E-state index contributed by atoms with van der Waals surface area (Å²) in [6.45, 7) is 11.7. The van der Waals surface area contributed by atoms with Crippen molar-refractivity contribution in [2.75, 3.05) is 32.8 Å². The summed E-state index contributed by atoms with van der Waals surface area (Å²) in [4.78, 5) is 30.5. The van der Waals surface area contributed by atoms with Crippen LogP contribution in [-0.4, -0.2) is 65.5 Å². The van der Waals surface area contributed by atoms with Crippen molar-refractivity contribution in [1.29, 1.82) is 0 Å². The number of ketones is 1. The van der Waals surface area contributed by atoms with E-state index in [2.05, 4.69) is 25.7 Å². The second-order valence-electron chi connectivity index (χ2n) is 10.1. The monoisotopic (exact) mass is 520 g/mol. The lowest BCUT2D eigenvalue weighted by atomic mass is 9.94. The summed E-state index contributed by atoms with van der Waals surface area (Å²) in [5.74, 6) is 0.150. The average Bonchev–Trinajstić information content (AvgIpc) is 3.42. The van der Waals surface area contributed by atoms with Crippen LogP contribution in [0.2, 0.25) is 0 Å². The van der Waals surface area contributed by atoms with Gasteiger partial charge in [0.15, 0.2) is 0 Å². The smallest absolute Gasteiger partial charge is 0.295 e. The average molecular weight is 521 g/mol. The highest BCUT2D eigenvalue weighted by atomic mass is 16.5. The van der Waals surface area contributed by atoms with Crippen LogP contribution in [0.25, 0.3) is 5.76 Å². The van der Waals surface area contributed by atoms with Crippen LogP contribution in [0.1, 0.15) is 69.7 Å². The van der Waals surface area contributed by atoms with Crippen LogP contribution < -0.4 is 9.47 Å². The topological polar surface area (TPSA) is 79.3 Å². The van der Waals surface area contributed by atoms with E-state index < -0.39 is 17.7 Å². The van der Waals surface area contributed by atoms with Crippen molar-refractivity contribution < 1.29 is 24.2 Å². The maximum Gasteiger partial charge on any atom is 0.295 e. The normalized spacial score (nSPS) is 20.2. The molecular weight excluding hydrogens is 480 g/mol. The molecule has 38 heavy (non-hydrogen) atoms. The zero-order chi connectivity index (χ0) is 27.2. The maximum atomic E-state index is 13.4. The number of nitrogens with zero attached hydrogens (tertiary/aromatic N) is 2. The summed E-state index contributed by atoms with van der Waals surface area (Å²) in [5.41, 5.74) is 2.39. The van der Waals surface area contributed by atoms with E-state index in [4.69, 9.17) is 9.47 Å². The molecule has 4 rings (SSSR count). The van der Waals surface area contributed by atoms with E-state index in [-0.39, 0.29) is 17.4 Å². The number of fused-ring (bicyclic) bond motifs is 1. The largest absolute Gasteiger partial charge is 0.507 e. The van der Waals surface area contributed by atoms with Gasteiger partial charge in [0.25, 0.3) is 11.7 Å². The summed E-state index contributed by atoms with van der Waals surface area (Å²) in [7, 11) is 0. The molecule has 2 aromatic carbocycles. The van der Waals surface area contributed by atoms with Gasteiger partial charge in [0.1, 0.15) is 23.4 Å². The van der Waals surface area contributed by atoms with Gasteiger partial charge < -0.3 is 24.4 Å². The molecule has 2 aliphatic rings. The zero-order valence-corrected chi connectivity index (χ0v) is 23.0. The van der Waals surface area contributed by atoms with Crippen LogP contribution in [0.4, 0.5) is 0 Å². The zero-order valence-electron chi connectivity index (χ0n) is 23.0. The Kier molecular flexibility index (Phi) is 9.10. The Morgan fingerprint density at radius 3 is 2.50 bits per heavy atom. The first kappa shape index (κ1) is 27.7. The second kappa shape index (κ2) is 12.5. The summed E-state index contributed by atoms with van der Waals surface area (Å²) >= 11 is 0. The Morgan fingerprint density at radius 2 is 1.82 bits per heavy atom. The molecule has 0 radical (unpaired) electrons. The van der Waals surface area contributed by atoms with Gasteiger partial charge in [0.05, 0.1) is 18.2 Å². The third-order valence-corrected chi connectivity index (χ3v) is 7.47. The Balaban J connectivity index is 1.69. The fourth-order valence-electron chi connectivity index (χ4n) is 5.26. The Labute approximate surface area is 226 Å². The Bertz CT molecular complexity index is 1170. The molecule has 0 aromatic heterocycles. The standard InChI is InChI=1S/C31H40N2O5/c1-5-8-9-18-37-25-13-10-22(11-14-25)28-27(30(35)31(36)33(28)17-16-32(6-2)7-3)29(34)23-12-15-26-24(20-23)19-21(4)38-26/h10-15,20-21,28,34H,5-9,16-19H2,1-4H3/b29-27-. The lowest BCUT2D eigenvalue weighted by Crippen LogP contribution is -2.38. The molecule has 0 aliphatic carbocycles. The van der Waals surface area contributed by atoms with Gasteiger partial charge >= 0.3 is 0 Å². The molecule has 2 aliphatic heterocycles. The quantitative estimate of drug-likeness (QED) is 0.176. The van der Waals surface area contributed by atoms with E-state index >= 15 is 0 Å². The number of unbranched alkanes of at least 4 members (excludes halogenated alkanes) is 2. The maximum absolute atomic E-state index is 13.4. The number of amides is 1. The number of ether oxygens (including phenoxy) is 2. The lowest BCUT2D eigenvalue weighted by molar-refractivity contribution is -0.140. The molecule has 1 amide bonds. The SMILES string of the molecule is CCCCCOc1ccc(C2/C(=C(/O)c3ccc4c(c3)CC(C)O4)C(=O)C(=O)N2CCN(CC)CC)cc1. The van der Waals surface area contributed by atoms with Gasteiger partial charge in [-0.15, -0.1) is 0 Å². The van der Waals surface area contributed by atoms with Crippen molar-refractivity contribution in [2.45, 2.75) is 65.5 Å². The highest BCUT2D eigenvalue weighted by Crippen LogP contribution is 2.41. The summed E-state index contributed by atoms with van der Waals surface area (Å²) in [6.07, 6.45) is 4.04. The fourth-order valence-corrected chi connectivity index (χ4v) is 5.26. The summed E-state index contributed by atoms with van der Waals surface area (Å²) in [5, 5.41) is 11.5. The molecule has 1 fully saturated rings. The molecule has 1 saturated heterocycles. The highest BCUT2D eigenvalue weighted by Gasteiger charge is 2.46. The van der Waals surface area contributed by atoms with Crippen LogP contribution in [0.3, 0.4) is 0 Å². The minimum atomic E-state index is -0.678. The van der Waals surface area contributed by atoms with E-state index in [1.807, 2.05) is 43.3 Å². The number of Topliss-reactive ketones (excluding diaryl/α,β-unsaturated/α-hetero) is 1. The van der Waals surface area contributed by atoms with Gasteiger partial charge in [0.2, 0.25) is 0 Å². The number of carbonyl (C=O) groups excluding carboxylic acids is 2. The number of rotatable bonds is 12. The molecule has 1 N–H and O–H groups in total. The number of aliphatic hydroxyl groups excluding tert-OH is 1. The molecule has 0 spiro atoms. The van der Waals surface area contributed by atoms with Crippen molar-refractivity contribution in [3.8, 4) is 11.5 Å². The van der Waals surface area contributed by atoms with Crippen molar-refractivity contribution in [3.05, 3.63) is 64.7 Å². The summed E-state index contributed by atoms with van der Waals surface area (Å²) in [6, 6.07) is 12.3. The van der Waals surface area contributed by atoms with E-state index in [0.717, 1.165) is 61.4 Å². The van der Waals surface area contributed by atoms with Crippen molar-refractivity contribution in [3.63, 3.8) is 0 Å². The van der Waals surface area contributed by atoms with Gasteiger partial charge in [-0.2, -0.15) is 0 Å². The fraction of sp³-hybridized carbons (Fsp3) is 0.484. The van der Waals surface area contributed by atoms with Crippen molar-refractivity contribution >= 4 is 17.4 Å². The van der Waals surface area contributed by atoms with Gasteiger partial charge in [0, 0.05) is 25.1 Å². The Hall–Kier alpha value is -3.32. The second-order valence-corrected chi connectivity index (χ2v) is 10.1. The van der Waals surface area contributed by atoms with E-state index in [9.17, 15) is 14.7 Å². The highest BCUT2D eigenvalue weighted by molar-refractivity contribution is 6.46. The molecule has 0 saturated carbocycles. The first-order chi connectivity index (χ1) is 18.4. The molecule has 2 aromatic rings. The van der Waals surface area contributed by atoms with E-state index in [1.165, 1.54) is 0 Å². The number of likely N-dealkylation sites (N-methyl/N-ethyl adjacent to an activating group) is 1. The van der Waals surface area contributed by atoms with Crippen molar-refractivity contribution in [2.24, 2.45) is 0 Å². The molecule has 7 nitrogen and oxygen atoms in total. The van der Waals surface area contributed by atoms with Gasteiger partial charge in [-0.1, -0.05) is 45.7 Å². The van der Waals surface area contributed by atoms with Crippen LogP contribution in [0, 0.1) is 0 Å². The lowest BCUT2D eigenvalue weighted by Gasteiger charge is -2.28. The minimum absolute atomic E-state index is 0.0655. The van der Waals surface area contributed by atoms with Crippen molar-refractivity contribution in [1.82, 2.24) is 9.80 Å². The third kappa shape index (κ3) is 5.88. The first-order valence-electron chi connectivity index (χ1n) is 13.9. The molecule has 2 atom stereocenters. The van der Waals surface area contributed by atoms with Gasteiger partial charge in [-0.05, 0) is 67.9 Å². The van der Waals surface area contributed by atoms with Gasteiger partial charge in [-0.3, -0.25) is 9.59 Å². The number of benzene rings is 2. The van der Waals surface area contributed by atoms with Crippen LogP contribution in [0.5, 0.6) is 11.5 Å². The van der Waals surface area contributed by atoms with E-state index in [0.29, 0.717) is 25.3 Å².